The topological polar surface area (TPSA) is 26.3 Å². The van der Waals surface area contributed by atoms with Crippen molar-refractivity contribution in [3.8, 4) is 0 Å². The maximum absolute atomic E-state index is 11.0. The van der Waals surface area contributed by atoms with Crippen molar-refractivity contribution in [3.63, 3.8) is 0 Å². The molecule has 3 heteroatoms. The van der Waals surface area contributed by atoms with Crippen LogP contribution in [-0.2, 0) is 16.0 Å². The first-order valence-electron chi connectivity index (χ1n) is 4.62. The van der Waals surface area contributed by atoms with Gasteiger partial charge >= 0.3 is 5.97 Å². The van der Waals surface area contributed by atoms with Gasteiger partial charge in [0.15, 0.2) is 0 Å². The molecule has 76 valence electrons. The fourth-order valence-electron chi connectivity index (χ4n) is 1.17. The maximum Gasteiger partial charge on any atom is 0.306 e. The predicted octanol–water partition coefficient (Wildman–Crippen LogP) is 2.84. The van der Waals surface area contributed by atoms with Crippen LogP contribution in [0.2, 0.25) is 5.02 Å². The van der Waals surface area contributed by atoms with Gasteiger partial charge in [0, 0.05) is 11.4 Å². The summed E-state index contributed by atoms with van der Waals surface area (Å²) in [5.41, 5.74) is 1.06. The molecule has 0 atom stereocenters. The van der Waals surface area contributed by atoms with E-state index in [0.29, 0.717) is 24.5 Å². The van der Waals surface area contributed by atoms with Crippen LogP contribution in [0.3, 0.4) is 0 Å². The Morgan fingerprint density at radius 2 is 2.29 bits per heavy atom. The Bertz CT molecular complexity index is 310. The third-order valence-electron chi connectivity index (χ3n) is 1.81. The molecular weight excluding hydrogens is 200 g/mol. The van der Waals surface area contributed by atoms with Gasteiger partial charge < -0.3 is 4.74 Å². The second kappa shape index (κ2) is 5.66. The number of hydrogen-bond donors (Lipinski definition) is 0. The molecule has 0 saturated heterocycles. The lowest BCUT2D eigenvalue weighted by Gasteiger charge is -2.02. The Kier molecular flexibility index (Phi) is 4.47. The Morgan fingerprint density at radius 3 is 2.93 bits per heavy atom. The monoisotopic (exact) mass is 212 g/mol. The molecule has 1 rings (SSSR count). The van der Waals surface area contributed by atoms with Crippen molar-refractivity contribution in [2.75, 3.05) is 6.61 Å². The summed E-state index contributed by atoms with van der Waals surface area (Å²) in [6.45, 7) is 2.24. The summed E-state index contributed by atoms with van der Waals surface area (Å²) in [4.78, 5) is 11.0. The molecule has 0 heterocycles. The molecule has 0 spiro atoms. The van der Waals surface area contributed by atoms with E-state index >= 15 is 0 Å². The average molecular weight is 213 g/mol. The van der Waals surface area contributed by atoms with Gasteiger partial charge in [-0.05, 0) is 31.0 Å². The van der Waals surface area contributed by atoms with Crippen LogP contribution < -0.4 is 0 Å². The molecular formula is C11H13ClO2. The predicted molar refractivity (Wildman–Crippen MR) is 56.4 cm³/mol. The van der Waals surface area contributed by atoms with Crippen molar-refractivity contribution >= 4 is 17.6 Å². The van der Waals surface area contributed by atoms with Gasteiger partial charge in [-0.2, -0.15) is 0 Å². The molecule has 1 aromatic carbocycles. The third kappa shape index (κ3) is 3.79. The van der Waals surface area contributed by atoms with Crippen LogP contribution in [0, 0.1) is 0 Å². The number of esters is 1. The Morgan fingerprint density at radius 1 is 1.50 bits per heavy atom. The van der Waals surface area contributed by atoms with Gasteiger partial charge in [-0.15, -0.1) is 0 Å². The number of aryl methyl sites for hydroxylation is 1. The highest BCUT2D eigenvalue weighted by molar-refractivity contribution is 6.30. The summed E-state index contributed by atoms with van der Waals surface area (Å²) in [7, 11) is 0. The smallest absolute Gasteiger partial charge is 0.306 e. The second-order valence-electron chi connectivity index (χ2n) is 2.93. The lowest BCUT2D eigenvalue weighted by molar-refractivity contribution is -0.143. The molecule has 0 aliphatic rings. The number of hydrogen-bond acceptors (Lipinski definition) is 2. The minimum atomic E-state index is -0.160. The molecule has 2 nitrogen and oxygen atoms in total. The van der Waals surface area contributed by atoms with Crippen LogP contribution in [0.1, 0.15) is 18.9 Å². The second-order valence-corrected chi connectivity index (χ2v) is 3.37. The largest absolute Gasteiger partial charge is 0.466 e. The molecule has 1 aromatic rings. The summed E-state index contributed by atoms with van der Waals surface area (Å²) in [5, 5.41) is 0.700. The van der Waals surface area contributed by atoms with Crippen molar-refractivity contribution in [2.45, 2.75) is 19.8 Å². The van der Waals surface area contributed by atoms with Crippen molar-refractivity contribution in [3.05, 3.63) is 34.9 Å². The lowest BCUT2D eigenvalue weighted by atomic mass is 10.1. The Labute approximate surface area is 88.8 Å². The zero-order chi connectivity index (χ0) is 10.4. The molecule has 0 aliphatic heterocycles. The summed E-state index contributed by atoms with van der Waals surface area (Å²) >= 11 is 5.81. The van der Waals surface area contributed by atoms with Crippen molar-refractivity contribution in [1.82, 2.24) is 0 Å². The lowest BCUT2D eigenvalue weighted by Crippen LogP contribution is -2.04. The SMILES string of the molecule is CCOC(=O)CCc1cccc(Cl)c1. The fraction of sp³-hybridized carbons (Fsp3) is 0.364. The summed E-state index contributed by atoms with van der Waals surface area (Å²) in [5.74, 6) is -0.160. The first kappa shape index (κ1) is 11.1. The minimum Gasteiger partial charge on any atom is -0.466 e. The van der Waals surface area contributed by atoms with Crippen LogP contribution in [0.5, 0.6) is 0 Å². The normalized spacial score (nSPS) is 9.86. The number of carbonyl (C=O) groups excluding carboxylic acids is 1. The highest BCUT2D eigenvalue weighted by atomic mass is 35.5. The number of halogens is 1. The van der Waals surface area contributed by atoms with Crippen LogP contribution in [-0.4, -0.2) is 12.6 Å². The number of carbonyl (C=O) groups is 1. The van der Waals surface area contributed by atoms with Gasteiger partial charge in [0.2, 0.25) is 0 Å². The highest BCUT2D eigenvalue weighted by Crippen LogP contribution is 2.12. The average Bonchev–Trinajstić information content (AvgIpc) is 2.15. The third-order valence-corrected chi connectivity index (χ3v) is 2.05. The minimum absolute atomic E-state index is 0.160. The Balaban J connectivity index is 2.41. The fourth-order valence-corrected chi connectivity index (χ4v) is 1.38. The molecule has 0 saturated carbocycles. The van der Waals surface area contributed by atoms with Crippen LogP contribution >= 0.6 is 11.6 Å². The van der Waals surface area contributed by atoms with E-state index in [0.717, 1.165) is 5.56 Å². The van der Waals surface area contributed by atoms with Crippen LogP contribution in [0.25, 0.3) is 0 Å². The maximum atomic E-state index is 11.0. The molecule has 0 aliphatic carbocycles. The molecule has 0 radical (unpaired) electrons. The summed E-state index contributed by atoms with van der Waals surface area (Å²) in [6.07, 6.45) is 1.09. The molecule has 0 aromatic heterocycles. The molecule has 0 fully saturated rings. The van der Waals surface area contributed by atoms with Crippen LogP contribution in [0.15, 0.2) is 24.3 Å². The first-order valence-corrected chi connectivity index (χ1v) is 5.00. The summed E-state index contributed by atoms with van der Waals surface area (Å²) < 4.78 is 4.82. The van der Waals surface area contributed by atoms with Crippen LogP contribution in [0.4, 0.5) is 0 Å². The van der Waals surface area contributed by atoms with Crippen molar-refractivity contribution < 1.29 is 9.53 Å². The van der Waals surface area contributed by atoms with Gasteiger partial charge in [0.25, 0.3) is 0 Å². The van der Waals surface area contributed by atoms with Crippen molar-refractivity contribution in [2.24, 2.45) is 0 Å². The first-order chi connectivity index (χ1) is 6.72. The van der Waals surface area contributed by atoms with E-state index in [9.17, 15) is 4.79 Å². The number of rotatable bonds is 4. The summed E-state index contributed by atoms with van der Waals surface area (Å²) in [6, 6.07) is 7.50. The number of ether oxygens (including phenoxy) is 1. The molecule has 0 unspecified atom stereocenters. The van der Waals surface area contributed by atoms with Gasteiger partial charge in [-0.3, -0.25) is 4.79 Å². The zero-order valence-corrected chi connectivity index (χ0v) is 8.88. The van der Waals surface area contributed by atoms with E-state index in [4.69, 9.17) is 16.3 Å². The van der Waals surface area contributed by atoms with E-state index in [2.05, 4.69) is 0 Å². The molecule has 0 N–H and O–H groups in total. The van der Waals surface area contributed by atoms with Crippen molar-refractivity contribution in [1.29, 1.82) is 0 Å². The standard InChI is InChI=1S/C11H13ClO2/c1-2-14-11(13)7-6-9-4-3-5-10(12)8-9/h3-5,8H,2,6-7H2,1H3. The van der Waals surface area contributed by atoms with Gasteiger partial charge in [-0.1, -0.05) is 23.7 Å². The van der Waals surface area contributed by atoms with E-state index in [1.807, 2.05) is 24.3 Å². The van der Waals surface area contributed by atoms with Gasteiger partial charge in [-0.25, -0.2) is 0 Å². The Hall–Kier alpha value is -1.02. The zero-order valence-electron chi connectivity index (χ0n) is 8.13. The quantitative estimate of drug-likeness (QED) is 0.718. The van der Waals surface area contributed by atoms with Gasteiger partial charge in [0.05, 0.1) is 6.61 Å². The number of benzene rings is 1. The van der Waals surface area contributed by atoms with E-state index in [1.165, 1.54) is 0 Å². The molecule has 14 heavy (non-hydrogen) atoms. The van der Waals surface area contributed by atoms with E-state index in [-0.39, 0.29) is 5.97 Å². The van der Waals surface area contributed by atoms with Gasteiger partial charge in [0.1, 0.15) is 0 Å². The highest BCUT2D eigenvalue weighted by Gasteiger charge is 2.02. The van der Waals surface area contributed by atoms with E-state index < -0.39 is 0 Å². The molecule has 0 bridgehead atoms. The molecule has 0 amide bonds. The van der Waals surface area contributed by atoms with E-state index in [1.54, 1.807) is 6.92 Å².